The molecule has 8 nitrogen and oxygen atoms in total. The molecule has 0 saturated heterocycles. The summed E-state index contributed by atoms with van der Waals surface area (Å²) >= 11 is 9.94. The van der Waals surface area contributed by atoms with Crippen molar-refractivity contribution >= 4 is 62.9 Å². The van der Waals surface area contributed by atoms with E-state index in [4.69, 9.17) is 16.3 Å². The average Bonchev–Trinajstić information content (AvgIpc) is 3.63. The zero-order valence-corrected chi connectivity index (χ0v) is 26.7. The summed E-state index contributed by atoms with van der Waals surface area (Å²) in [5.41, 5.74) is 2.21. The minimum Gasteiger partial charge on any atom is -0.503 e. The number of ether oxygens (including phenoxy) is 1. The fourth-order valence-corrected chi connectivity index (χ4v) is 7.31. The summed E-state index contributed by atoms with van der Waals surface area (Å²) in [5, 5.41) is 21.4. The smallest absolute Gasteiger partial charge is 0.296 e. The largest absolute Gasteiger partial charge is 0.503 e. The molecule has 4 aromatic rings. The Morgan fingerprint density at radius 1 is 1.14 bits per heavy atom. The molecule has 0 spiro atoms. The minimum absolute atomic E-state index is 0.0170. The van der Waals surface area contributed by atoms with E-state index in [-0.39, 0.29) is 10.7 Å². The molecule has 1 N–H and O–H groups in total. The zero-order chi connectivity index (χ0) is 30.0. The lowest BCUT2D eigenvalue weighted by Crippen LogP contribution is -2.31. The topological polar surface area (TPSA) is 106 Å². The number of aryl methyl sites for hydroxylation is 2. The summed E-state index contributed by atoms with van der Waals surface area (Å²) in [5.74, 6) is -0.0261. The number of amides is 1. The van der Waals surface area contributed by atoms with Gasteiger partial charge >= 0.3 is 0 Å². The third-order valence-electron chi connectivity index (χ3n) is 6.58. The third-order valence-corrected chi connectivity index (χ3v) is 10.0. The number of aliphatic hydroxyl groups excluding tert-OH is 1. The van der Waals surface area contributed by atoms with E-state index in [1.165, 1.54) is 39.3 Å². The van der Waals surface area contributed by atoms with Crippen LogP contribution >= 0.6 is 46.0 Å². The summed E-state index contributed by atoms with van der Waals surface area (Å²) in [6, 6.07) is 13.9. The van der Waals surface area contributed by atoms with Crippen LogP contribution in [0.25, 0.3) is 0 Å². The van der Waals surface area contributed by atoms with Crippen molar-refractivity contribution in [3.05, 3.63) is 91.6 Å². The Morgan fingerprint density at radius 2 is 1.90 bits per heavy atom. The van der Waals surface area contributed by atoms with Crippen LogP contribution in [0.4, 0.5) is 5.13 Å². The van der Waals surface area contributed by atoms with Crippen molar-refractivity contribution in [2.75, 3.05) is 11.5 Å². The number of aliphatic hydroxyl groups is 1. The molecule has 218 valence electrons. The summed E-state index contributed by atoms with van der Waals surface area (Å²) in [6.07, 6.45) is 0.883. The van der Waals surface area contributed by atoms with Gasteiger partial charge in [0.1, 0.15) is 5.75 Å². The normalized spacial score (nSPS) is 15.2. The number of nitrogens with zero attached hydrogens (tertiary/aromatic N) is 4. The second kappa shape index (κ2) is 12.9. The number of aromatic nitrogens is 3. The predicted molar refractivity (Wildman–Crippen MR) is 168 cm³/mol. The molecule has 3 heterocycles. The molecular weight excluding hydrogens is 612 g/mol. The number of rotatable bonds is 11. The number of thiazole rings is 1. The van der Waals surface area contributed by atoms with Crippen LogP contribution in [-0.4, -0.2) is 38.6 Å². The first-order valence-corrected chi connectivity index (χ1v) is 16.3. The number of benzene rings is 2. The first-order chi connectivity index (χ1) is 20.1. The maximum Gasteiger partial charge on any atom is 0.296 e. The molecule has 2 aromatic heterocycles. The average molecular weight is 641 g/mol. The molecule has 2 aromatic carbocycles. The van der Waals surface area contributed by atoms with E-state index in [9.17, 15) is 14.7 Å². The van der Waals surface area contributed by atoms with E-state index in [0.29, 0.717) is 49.5 Å². The van der Waals surface area contributed by atoms with Gasteiger partial charge in [0.05, 0.1) is 33.8 Å². The Bertz CT molecular complexity index is 1650. The van der Waals surface area contributed by atoms with Gasteiger partial charge in [-0.15, -0.1) is 21.5 Å². The van der Waals surface area contributed by atoms with Gasteiger partial charge in [-0.3, -0.25) is 14.5 Å². The Hall–Kier alpha value is -3.25. The quantitative estimate of drug-likeness (QED) is 0.101. The van der Waals surface area contributed by atoms with E-state index >= 15 is 0 Å². The molecule has 5 rings (SSSR count). The summed E-state index contributed by atoms with van der Waals surface area (Å²) < 4.78 is 6.63. The van der Waals surface area contributed by atoms with Crippen LogP contribution in [0.3, 0.4) is 0 Å². The summed E-state index contributed by atoms with van der Waals surface area (Å²) in [7, 11) is 0. The van der Waals surface area contributed by atoms with Crippen molar-refractivity contribution < 1.29 is 19.4 Å². The molecule has 0 radical (unpaired) electrons. The zero-order valence-electron chi connectivity index (χ0n) is 23.5. The van der Waals surface area contributed by atoms with Gasteiger partial charge in [0.15, 0.2) is 10.1 Å². The highest BCUT2D eigenvalue weighted by Crippen LogP contribution is 2.45. The van der Waals surface area contributed by atoms with E-state index < -0.39 is 23.5 Å². The molecule has 0 bridgehead atoms. The second-order valence-corrected chi connectivity index (χ2v) is 14.0. The summed E-state index contributed by atoms with van der Waals surface area (Å²) in [4.78, 5) is 33.7. The molecular formula is C30H29ClN4O4S3. The highest BCUT2D eigenvalue weighted by atomic mass is 35.5. The standard InChI is InChI=1S/C30H29ClN4O4S3/c1-16(2)12-13-39-22-7-5-6-20(14-22)24-23(25(36)27-17(3)32-18(4)41-27)26(37)28(38)35(24)29-33-34-30(42-29)40-15-19-8-10-21(31)11-9-19/h5-11,14,16,24,37H,12-13,15H2,1-4H3. The Labute approximate surface area is 261 Å². The van der Waals surface area contributed by atoms with Crippen LogP contribution in [0.15, 0.2) is 64.2 Å². The molecule has 0 aliphatic carbocycles. The number of hydrogen-bond acceptors (Lipinski definition) is 10. The molecule has 1 unspecified atom stereocenters. The Kier molecular flexibility index (Phi) is 9.32. The minimum atomic E-state index is -0.928. The number of halogens is 1. The molecule has 1 amide bonds. The van der Waals surface area contributed by atoms with Crippen molar-refractivity contribution in [3.8, 4) is 5.75 Å². The SMILES string of the molecule is Cc1nc(C)c(C(=O)C2=C(O)C(=O)N(c3nnc(SCc4ccc(Cl)cc4)s3)C2c2cccc(OCCC(C)C)c2)s1. The van der Waals surface area contributed by atoms with Gasteiger partial charge in [0, 0.05) is 10.8 Å². The van der Waals surface area contributed by atoms with Crippen LogP contribution in [0, 0.1) is 19.8 Å². The van der Waals surface area contributed by atoms with Crippen molar-refractivity contribution in [2.24, 2.45) is 5.92 Å². The van der Waals surface area contributed by atoms with Crippen LogP contribution in [0.1, 0.15) is 57.8 Å². The number of carbonyl (C=O) groups excluding carboxylic acids is 2. The van der Waals surface area contributed by atoms with Gasteiger partial charge in [0.25, 0.3) is 5.91 Å². The lowest BCUT2D eigenvalue weighted by molar-refractivity contribution is -0.117. The van der Waals surface area contributed by atoms with Gasteiger partial charge in [-0.05, 0) is 61.6 Å². The predicted octanol–water partition coefficient (Wildman–Crippen LogP) is 7.76. The number of Topliss-reactive ketones (excluding diaryl/α,β-unsaturated/α-hetero) is 1. The van der Waals surface area contributed by atoms with E-state index in [0.717, 1.165) is 17.0 Å². The Balaban J connectivity index is 1.49. The second-order valence-electron chi connectivity index (χ2n) is 10.2. The molecule has 42 heavy (non-hydrogen) atoms. The molecule has 1 aliphatic rings. The van der Waals surface area contributed by atoms with E-state index in [2.05, 4.69) is 29.0 Å². The molecule has 1 atom stereocenters. The Morgan fingerprint density at radius 3 is 2.60 bits per heavy atom. The number of carbonyl (C=O) groups is 2. The first-order valence-electron chi connectivity index (χ1n) is 13.3. The van der Waals surface area contributed by atoms with Gasteiger partial charge in [-0.25, -0.2) is 4.98 Å². The maximum absolute atomic E-state index is 13.9. The maximum atomic E-state index is 13.9. The lowest BCUT2D eigenvalue weighted by Gasteiger charge is -2.24. The van der Waals surface area contributed by atoms with Crippen molar-refractivity contribution in [1.82, 2.24) is 15.2 Å². The van der Waals surface area contributed by atoms with Crippen LogP contribution < -0.4 is 9.64 Å². The van der Waals surface area contributed by atoms with Crippen LogP contribution in [0.2, 0.25) is 5.02 Å². The number of ketones is 1. The fourth-order valence-electron chi connectivity index (χ4n) is 4.48. The van der Waals surface area contributed by atoms with Crippen molar-refractivity contribution in [1.29, 1.82) is 0 Å². The van der Waals surface area contributed by atoms with E-state index in [1.807, 2.05) is 49.4 Å². The van der Waals surface area contributed by atoms with Crippen molar-refractivity contribution in [3.63, 3.8) is 0 Å². The van der Waals surface area contributed by atoms with Gasteiger partial charge in [-0.2, -0.15) is 0 Å². The molecule has 0 saturated carbocycles. The number of anilines is 1. The van der Waals surface area contributed by atoms with Gasteiger partial charge in [-0.1, -0.05) is 72.8 Å². The van der Waals surface area contributed by atoms with Crippen LogP contribution in [-0.2, 0) is 10.5 Å². The van der Waals surface area contributed by atoms with Crippen LogP contribution in [0.5, 0.6) is 5.75 Å². The lowest BCUT2D eigenvalue weighted by atomic mass is 9.95. The highest BCUT2D eigenvalue weighted by Gasteiger charge is 2.46. The highest BCUT2D eigenvalue weighted by molar-refractivity contribution is 8.00. The van der Waals surface area contributed by atoms with Gasteiger partial charge < -0.3 is 9.84 Å². The molecule has 12 heteroatoms. The fraction of sp³-hybridized carbons (Fsp3) is 0.300. The summed E-state index contributed by atoms with van der Waals surface area (Å²) in [6.45, 7) is 8.34. The third kappa shape index (κ3) is 6.54. The van der Waals surface area contributed by atoms with Gasteiger partial charge in [0.2, 0.25) is 10.9 Å². The number of thioether (sulfide) groups is 1. The van der Waals surface area contributed by atoms with Crippen molar-refractivity contribution in [2.45, 2.75) is 50.3 Å². The monoisotopic (exact) mass is 640 g/mol. The number of hydrogen-bond donors (Lipinski definition) is 1. The molecule has 0 fully saturated rings. The molecule has 1 aliphatic heterocycles. The van der Waals surface area contributed by atoms with E-state index in [1.54, 1.807) is 13.0 Å². The first kappa shape index (κ1) is 30.2.